The highest BCUT2D eigenvalue weighted by atomic mass is 16.6. The highest BCUT2D eigenvalue weighted by Gasteiger charge is 2.29. The summed E-state index contributed by atoms with van der Waals surface area (Å²) in [6.45, 7) is 2.78. The van der Waals surface area contributed by atoms with E-state index in [1.807, 2.05) is 18.2 Å². The zero-order valence-electron chi connectivity index (χ0n) is 11.3. The van der Waals surface area contributed by atoms with Crippen molar-refractivity contribution < 1.29 is 19.7 Å². The second kappa shape index (κ2) is 5.87. The minimum atomic E-state index is -0.334. The number of aliphatic hydroxyl groups is 2. The Bertz CT molecular complexity index is 468. The molecule has 0 bridgehead atoms. The van der Waals surface area contributed by atoms with Crippen molar-refractivity contribution >= 4 is 5.69 Å². The number of nitrogens with zero attached hydrogens (tertiary/aromatic N) is 1. The van der Waals surface area contributed by atoms with Gasteiger partial charge in [0.05, 0.1) is 24.9 Å². The van der Waals surface area contributed by atoms with Crippen molar-refractivity contribution in [2.24, 2.45) is 0 Å². The predicted molar refractivity (Wildman–Crippen MR) is 74.5 cm³/mol. The Morgan fingerprint density at radius 1 is 1.30 bits per heavy atom. The van der Waals surface area contributed by atoms with E-state index in [0.717, 1.165) is 25.3 Å². The Kier molecular flexibility index (Phi) is 3.95. The molecule has 6 heteroatoms. The number of hydrogen-bond acceptors (Lipinski definition) is 6. The van der Waals surface area contributed by atoms with Crippen molar-refractivity contribution in [3.63, 3.8) is 0 Å². The molecule has 2 aliphatic heterocycles. The van der Waals surface area contributed by atoms with E-state index in [1.54, 1.807) is 0 Å². The quantitative estimate of drug-likeness (QED) is 0.699. The molecule has 110 valence electrons. The van der Waals surface area contributed by atoms with Crippen molar-refractivity contribution in [2.75, 3.05) is 44.4 Å². The van der Waals surface area contributed by atoms with Crippen LogP contribution in [0.2, 0.25) is 0 Å². The summed E-state index contributed by atoms with van der Waals surface area (Å²) in [6, 6.07) is 5.78. The Balaban J connectivity index is 1.93. The maximum absolute atomic E-state index is 9.53. The number of hydrogen-bond donors (Lipinski definition) is 3. The Hall–Kier alpha value is -1.50. The van der Waals surface area contributed by atoms with E-state index in [2.05, 4.69) is 10.2 Å². The molecule has 1 fully saturated rings. The molecule has 3 N–H and O–H groups in total. The zero-order chi connectivity index (χ0) is 13.9. The van der Waals surface area contributed by atoms with Gasteiger partial charge >= 0.3 is 0 Å². The van der Waals surface area contributed by atoms with Gasteiger partial charge in [0.2, 0.25) is 0 Å². The summed E-state index contributed by atoms with van der Waals surface area (Å²) in [6.07, 6.45) is -0.334. The van der Waals surface area contributed by atoms with E-state index in [-0.39, 0.29) is 25.4 Å². The van der Waals surface area contributed by atoms with Crippen molar-refractivity contribution in [3.8, 4) is 11.5 Å². The van der Waals surface area contributed by atoms with E-state index in [4.69, 9.17) is 9.47 Å². The van der Waals surface area contributed by atoms with Gasteiger partial charge in [0.15, 0.2) is 17.6 Å². The first-order valence-corrected chi connectivity index (χ1v) is 6.95. The van der Waals surface area contributed by atoms with E-state index in [0.29, 0.717) is 18.1 Å². The molecule has 1 aromatic rings. The SMILES string of the molecule is OCC1COc2cccc(N3CCNCC3CO)c2O1. The van der Waals surface area contributed by atoms with Gasteiger partial charge in [0.1, 0.15) is 6.61 Å². The molecule has 0 radical (unpaired) electrons. The molecule has 6 nitrogen and oxygen atoms in total. The van der Waals surface area contributed by atoms with Crippen LogP contribution in [0, 0.1) is 0 Å². The first-order valence-electron chi connectivity index (χ1n) is 6.95. The minimum Gasteiger partial charge on any atom is -0.486 e. The lowest BCUT2D eigenvalue weighted by atomic mass is 10.1. The number of para-hydroxylation sites is 1. The topological polar surface area (TPSA) is 74.2 Å². The lowest BCUT2D eigenvalue weighted by molar-refractivity contribution is 0.0459. The molecule has 1 aromatic carbocycles. The summed E-state index contributed by atoms with van der Waals surface area (Å²) in [4.78, 5) is 2.14. The first kappa shape index (κ1) is 13.5. The molecule has 2 aliphatic rings. The van der Waals surface area contributed by atoms with Gasteiger partial charge in [-0.1, -0.05) is 6.07 Å². The third kappa shape index (κ3) is 2.42. The largest absolute Gasteiger partial charge is 0.486 e. The molecular weight excluding hydrogens is 260 g/mol. The molecule has 0 spiro atoms. The average Bonchev–Trinajstić information content (AvgIpc) is 2.53. The monoisotopic (exact) mass is 280 g/mol. The van der Waals surface area contributed by atoms with Crippen molar-refractivity contribution in [3.05, 3.63) is 18.2 Å². The zero-order valence-corrected chi connectivity index (χ0v) is 11.3. The van der Waals surface area contributed by atoms with Crippen LogP contribution in [0.3, 0.4) is 0 Å². The summed E-state index contributed by atoms with van der Waals surface area (Å²) in [5.74, 6) is 1.36. The van der Waals surface area contributed by atoms with E-state index in [9.17, 15) is 10.2 Å². The molecule has 20 heavy (non-hydrogen) atoms. The summed E-state index contributed by atoms with van der Waals surface area (Å²) < 4.78 is 11.5. The fraction of sp³-hybridized carbons (Fsp3) is 0.571. The van der Waals surface area contributed by atoms with Crippen molar-refractivity contribution in [1.29, 1.82) is 0 Å². The lowest BCUT2D eigenvalue weighted by Crippen LogP contribution is -2.53. The molecule has 0 amide bonds. The molecule has 2 atom stereocenters. The molecule has 0 aromatic heterocycles. The summed E-state index contributed by atoms with van der Waals surface area (Å²) in [7, 11) is 0. The van der Waals surface area contributed by atoms with Crippen LogP contribution in [-0.2, 0) is 0 Å². The number of ether oxygens (including phenoxy) is 2. The van der Waals surface area contributed by atoms with Crippen LogP contribution < -0.4 is 19.7 Å². The number of anilines is 1. The van der Waals surface area contributed by atoms with Gasteiger partial charge in [-0.25, -0.2) is 0 Å². The van der Waals surface area contributed by atoms with Gasteiger partial charge in [-0.2, -0.15) is 0 Å². The predicted octanol–water partition coefficient (Wildman–Crippen LogP) is -0.411. The van der Waals surface area contributed by atoms with Crippen LogP contribution in [0.4, 0.5) is 5.69 Å². The summed E-state index contributed by atoms with van der Waals surface area (Å²) in [5, 5.41) is 22.1. The van der Waals surface area contributed by atoms with Crippen molar-refractivity contribution in [2.45, 2.75) is 12.1 Å². The molecule has 2 unspecified atom stereocenters. The normalized spacial score (nSPS) is 25.6. The molecule has 1 saturated heterocycles. The number of benzene rings is 1. The fourth-order valence-corrected chi connectivity index (χ4v) is 2.68. The van der Waals surface area contributed by atoms with Gasteiger partial charge in [-0.05, 0) is 12.1 Å². The third-order valence-electron chi connectivity index (χ3n) is 3.74. The van der Waals surface area contributed by atoms with Gasteiger partial charge in [-0.15, -0.1) is 0 Å². The highest BCUT2D eigenvalue weighted by Crippen LogP contribution is 2.41. The van der Waals surface area contributed by atoms with Crippen LogP contribution in [0.1, 0.15) is 0 Å². The fourth-order valence-electron chi connectivity index (χ4n) is 2.68. The van der Waals surface area contributed by atoms with Crippen LogP contribution in [0.25, 0.3) is 0 Å². The smallest absolute Gasteiger partial charge is 0.185 e. The van der Waals surface area contributed by atoms with Crippen LogP contribution in [0.15, 0.2) is 18.2 Å². The van der Waals surface area contributed by atoms with Gasteiger partial charge in [0.25, 0.3) is 0 Å². The number of fused-ring (bicyclic) bond motifs is 1. The second-order valence-electron chi connectivity index (χ2n) is 5.07. The number of aliphatic hydroxyl groups excluding tert-OH is 2. The van der Waals surface area contributed by atoms with E-state index < -0.39 is 0 Å². The molecule has 2 heterocycles. The minimum absolute atomic E-state index is 0.0216. The number of rotatable bonds is 3. The third-order valence-corrected chi connectivity index (χ3v) is 3.74. The summed E-state index contributed by atoms with van der Waals surface area (Å²) >= 11 is 0. The van der Waals surface area contributed by atoms with Crippen LogP contribution in [-0.4, -0.2) is 61.8 Å². The molecule has 3 rings (SSSR count). The Morgan fingerprint density at radius 3 is 3.00 bits per heavy atom. The molecule has 0 saturated carbocycles. The summed E-state index contributed by atoms with van der Waals surface area (Å²) in [5.41, 5.74) is 0.918. The number of piperazine rings is 1. The Labute approximate surface area is 117 Å². The lowest BCUT2D eigenvalue weighted by Gasteiger charge is -2.39. The van der Waals surface area contributed by atoms with Gasteiger partial charge in [-0.3, -0.25) is 0 Å². The second-order valence-corrected chi connectivity index (χ2v) is 5.07. The van der Waals surface area contributed by atoms with Crippen LogP contribution in [0.5, 0.6) is 11.5 Å². The van der Waals surface area contributed by atoms with E-state index >= 15 is 0 Å². The average molecular weight is 280 g/mol. The molecular formula is C14H20N2O4. The standard InChI is InChI=1S/C14H20N2O4/c17-7-10-6-15-4-5-16(10)12-2-1-3-13-14(12)20-11(8-18)9-19-13/h1-3,10-11,15,17-18H,4-9H2. The number of nitrogens with one attached hydrogen (secondary N) is 1. The highest BCUT2D eigenvalue weighted by molar-refractivity contribution is 5.66. The van der Waals surface area contributed by atoms with Crippen LogP contribution >= 0.6 is 0 Å². The van der Waals surface area contributed by atoms with Gasteiger partial charge < -0.3 is 29.9 Å². The maximum Gasteiger partial charge on any atom is 0.185 e. The van der Waals surface area contributed by atoms with Crippen molar-refractivity contribution in [1.82, 2.24) is 5.32 Å². The first-order chi connectivity index (χ1) is 9.83. The van der Waals surface area contributed by atoms with E-state index in [1.165, 1.54) is 0 Å². The van der Waals surface area contributed by atoms with Gasteiger partial charge in [0, 0.05) is 19.6 Å². The molecule has 0 aliphatic carbocycles. The Morgan fingerprint density at radius 2 is 2.20 bits per heavy atom. The maximum atomic E-state index is 9.53.